The van der Waals surface area contributed by atoms with Crippen LogP contribution in [0.1, 0.15) is 44.9 Å². The molecule has 6 nitrogen and oxygen atoms in total. The Kier molecular flexibility index (Phi) is 4.79. The number of fused-ring (bicyclic) bond motifs is 2. The minimum absolute atomic E-state index is 0.179. The van der Waals surface area contributed by atoms with Gasteiger partial charge in [-0.3, -0.25) is 15.0 Å². The Labute approximate surface area is 167 Å². The van der Waals surface area contributed by atoms with Gasteiger partial charge in [0.25, 0.3) is 5.69 Å². The first-order valence-electron chi connectivity index (χ1n) is 11.1. The fraction of sp³-hybridized carbons (Fsp3) is 0.727. The molecule has 0 radical (unpaired) electrons. The number of hydrogen-bond acceptors (Lipinski definition) is 5. The van der Waals surface area contributed by atoms with Gasteiger partial charge in [-0.1, -0.05) is 0 Å². The standard InChI is InChI=1S/C22H32N4O2/c27-26(28)19-3-1-18(2-4-19)25-16-20-13-21(25)15-24(20)14-17-5-7-22(8-6-17)9-11-23-12-10-22/h1-4,17,20-21,23H,5-16H2/t20-,21-/m1/s1. The quantitative estimate of drug-likeness (QED) is 0.637. The summed E-state index contributed by atoms with van der Waals surface area (Å²) in [6, 6.07) is 8.35. The maximum atomic E-state index is 10.9. The monoisotopic (exact) mass is 384 g/mol. The fourth-order valence-electron chi connectivity index (χ4n) is 6.32. The van der Waals surface area contributed by atoms with Crippen LogP contribution in [0.25, 0.3) is 0 Å². The van der Waals surface area contributed by atoms with Crippen LogP contribution >= 0.6 is 0 Å². The summed E-state index contributed by atoms with van der Waals surface area (Å²) in [6.45, 7) is 5.96. The zero-order chi connectivity index (χ0) is 19.1. The molecule has 3 heterocycles. The molecule has 3 aliphatic heterocycles. The van der Waals surface area contributed by atoms with Crippen LogP contribution in [0.2, 0.25) is 0 Å². The van der Waals surface area contributed by atoms with Crippen molar-refractivity contribution in [2.45, 2.75) is 57.0 Å². The van der Waals surface area contributed by atoms with Gasteiger partial charge in [-0.15, -0.1) is 0 Å². The smallest absolute Gasteiger partial charge is 0.269 e. The van der Waals surface area contributed by atoms with E-state index < -0.39 is 0 Å². The average molecular weight is 385 g/mol. The van der Waals surface area contributed by atoms with Crippen LogP contribution in [0.5, 0.6) is 0 Å². The Morgan fingerprint density at radius 2 is 1.75 bits per heavy atom. The Bertz CT molecular complexity index is 706. The van der Waals surface area contributed by atoms with Crippen LogP contribution in [0.3, 0.4) is 0 Å². The van der Waals surface area contributed by atoms with Crippen molar-refractivity contribution in [1.82, 2.24) is 10.2 Å². The Balaban J connectivity index is 1.14. The normalized spacial score (nSPS) is 30.2. The molecule has 5 rings (SSSR count). The van der Waals surface area contributed by atoms with Gasteiger partial charge in [0.1, 0.15) is 0 Å². The summed E-state index contributed by atoms with van der Waals surface area (Å²) in [5, 5.41) is 14.4. The first-order chi connectivity index (χ1) is 13.6. The molecule has 1 spiro atoms. The van der Waals surface area contributed by atoms with Gasteiger partial charge in [0.2, 0.25) is 0 Å². The Hall–Kier alpha value is -1.66. The molecule has 1 aliphatic carbocycles. The van der Waals surface area contributed by atoms with Crippen molar-refractivity contribution >= 4 is 11.4 Å². The minimum atomic E-state index is -0.320. The number of nitrogens with one attached hydrogen (secondary N) is 1. The molecule has 2 bridgehead atoms. The predicted molar refractivity (Wildman–Crippen MR) is 111 cm³/mol. The number of hydrogen-bond donors (Lipinski definition) is 1. The van der Waals surface area contributed by atoms with Crippen molar-refractivity contribution in [1.29, 1.82) is 0 Å². The summed E-state index contributed by atoms with van der Waals surface area (Å²) in [4.78, 5) is 15.8. The second-order valence-electron chi connectivity index (χ2n) is 9.62. The first kappa shape index (κ1) is 18.4. The molecular weight excluding hydrogens is 352 g/mol. The molecule has 152 valence electrons. The third-order valence-electron chi connectivity index (χ3n) is 8.07. The number of nitrogens with zero attached hydrogens (tertiary/aromatic N) is 3. The molecule has 3 saturated heterocycles. The van der Waals surface area contributed by atoms with Gasteiger partial charge in [0, 0.05) is 49.5 Å². The van der Waals surface area contributed by atoms with Gasteiger partial charge >= 0.3 is 0 Å². The molecule has 0 amide bonds. The van der Waals surface area contributed by atoms with E-state index in [1.165, 1.54) is 64.6 Å². The number of rotatable bonds is 4. The first-order valence-corrected chi connectivity index (χ1v) is 11.1. The highest BCUT2D eigenvalue weighted by Crippen LogP contribution is 2.46. The van der Waals surface area contributed by atoms with E-state index in [1.807, 2.05) is 12.1 Å². The van der Waals surface area contributed by atoms with Crippen molar-refractivity contribution in [3.05, 3.63) is 34.4 Å². The predicted octanol–water partition coefficient (Wildman–Crippen LogP) is 3.42. The van der Waals surface area contributed by atoms with Crippen molar-refractivity contribution < 1.29 is 4.92 Å². The molecule has 4 fully saturated rings. The van der Waals surface area contributed by atoms with Gasteiger partial charge in [-0.05, 0) is 81.5 Å². The maximum Gasteiger partial charge on any atom is 0.269 e. The van der Waals surface area contributed by atoms with Gasteiger partial charge < -0.3 is 10.2 Å². The number of non-ortho nitro benzene ring substituents is 1. The van der Waals surface area contributed by atoms with Gasteiger partial charge in [0.15, 0.2) is 0 Å². The molecule has 0 unspecified atom stereocenters. The number of piperazine rings is 1. The molecule has 6 heteroatoms. The number of anilines is 1. The maximum absolute atomic E-state index is 10.9. The van der Waals surface area contributed by atoms with Gasteiger partial charge in [-0.2, -0.15) is 0 Å². The largest absolute Gasteiger partial charge is 0.366 e. The fourth-order valence-corrected chi connectivity index (χ4v) is 6.32. The van der Waals surface area contributed by atoms with E-state index in [9.17, 15) is 10.1 Å². The van der Waals surface area contributed by atoms with E-state index in [4.69, 9.17) is 0 Å². The average Bonchev–Trinajstić information content (AvgIpc) is 3.31. The number of likely N-dealkylation sites (tertiary alicyclic amines) is 1. The SMILES string of the molecule is O=[N+]([O-])c1ccc(N2C[C@H]3C[C@@H]2CN3CC2CCC3(CCNCC3)CC2)cc1. The molecular formula is C22H32N4O2. The summed E-state index contributed by atoms with van der Waals surface area (Å²) >= 11 is 0. The van der Waals surface area contributed by atoms with Crippen molar-refractivity contribution in [2.24, 2.45) is 11.3 Å². The number of benzene rings is 1. The van der Waals surface area contributed by atoms with Crippen molar-refractivity contribution in [2.75, 3.05) is 37.6 Å². The Morgan fingerprint density at radius 3 is 2.36 bits per heavy atom. The lowest BCUT2D eigenvalue weighted by Gasteiger charge is -2.45. The lowest BCUT2D eigenvalue weighted by Crippen LogP contribution is -2.48. The summed E-state index contributed by atoms with van der Waals surface area (Å²) in [7, 11) is 0. The Morgan fingerprint density at radius 1 is 1.04 bits per heavy atom. The van der Waals surface area contributed by atoms with Gasteiger partial charge in [-0.25, -0.2) is 0 Å². The second kappa shape index (κ2) is 7.30. The summed E-state index contributed by atoms with van der Waals surface area (Å²) < 4.78 is 0. The molecule has 2 atom stereocenters. The van der Waals surface area contributed by atoms with Crippen LogP contribution in [0, 0.1) is 21.4 Å². The zero-order valence-corrected chi connectivity index (χ0v) is 16.7. The summed E-state index contributed by atoms with van der Waals surface area (Å²) in [5.41, 5.74) is 1.99. The lowest BCUT2D eigenvalue weighted by atomic mass is 9.65. The topological polar surface area (TPSA) is 61.7 Å². The zero-order valence-electron chi connectivity index (χ0n) is 16.7. The minimum Gasteiger partial charge on any atom is -0.366 e. The van der Waals surface area contributed by atoms with Crippen molar-refractivity contribution in [3.63, 3.8) is 0 Å². The van der Waals surface area contributed by atoms with E-state index >= 15 is 0 Å². The number of nitro benzene ring substituents is 1. The lowest BCUT2D eigenvalue weighted by molar-refractivity contribution is -0.384. The molecule has 4 aliphatic rings. The molecule has 1 saturated carbocycles. The second-order valence-corrected chi connectivity index (χ2v) is 9.62. The molecule has 1 aromatic rings. The molecule has 0 aromatic heterocycles. The molecule has 1 N–H and O–H groups in total. The van der Waals surface area contributed by atoms with Crippen LogP contribution in [0.4, 0.5) is 11.4 Å². The van der Waals surface area contributed by atoms with Crippen LogP contribution in [-0.2, 0) is 0 Å². The van der Waals surface area contributed by atoms with Crippen LogP contribution in [-0.4, -0.2) is 54.6 Å². The van der Waals surface area contributed by atoms with E-state index in [0.29, 0.717) is 17.5 Å². The van der Waals surface area contributed by atoms with E-state index in [0.717, 1.165) is 24.7 Å². The highest BCUT2D eigenvalue weighted by atomic mass is 16.6. The highest BCUT2D eigenvalue weighted by Gasteiger charge is 2.44. The van der Waals surface area contributed by atoms with E-state index in [2.05, 4.69) is 15.1 Å². The van der Waals surface area contributed by atoms with Crippen molar-refractivity contribution in [3.8, 4) is 0 Å². The van der Waals surface area contributed by atoms with E-state index in [1.54, 1.807) is 12.1 Å². The van der Waals surface area contributed by atoms with Crippen LogP contribution < -0.4 is 10.2 Å². The third kappa shape index (κ3) is 3.41. The van der Waals surface area contributed by atoms with Crippen LogP contribution in [0.15, 0.2) is 24.3 Å². The van der Waals surface area contributed by atoms with Gasteiger partial charge in [0.05, 0.1) is 4.92 Å². The van der Waals surface area contributed by atoms with E-state index in [-0.39, 0.29) is 10.6 Å². The highest BCUT2D eigenvalue weighted by molar-refractivity contribution is 5.53. The number of nitro groups is 1. The molecule has 28 heavy (non-hydrogen) atoms. The number of piperidine rings is 1. The summed E-state index contributed by atoms with van der Waals surface area (Å²) in [6.07, 6.45) is 9.74. The summed E-state index contributed by atoms with van der Waals surface area (Å²) in [5.74, 6) is 0.882. The third-order valence-corrected chi connectivity index (χ3v) is 8.07. The molecule has 1 aromatic carbocycles.